The second-order valence-corrected chi connectivity index (χ2v) is 7.08. The predicted molar refractivity (Wildman–Crippen MR) is 106 cm³/mol. The summed E-state index contributed by atoms with van der Waals surface area (Å²) in [5.74, 6) is -2.26. The molecule has 6 nitrogen and oxygen atoms in total. The molecule has 1 aromatic rings. The molecule has 0 bridgehead atoms. The third kappa shape index (κ3) is 4.86. The standard InChI is InChI=1S/C20H21N3O3S/c1-4-9-26-20(25)17-13(3)23-19(27-11-16(22)24)15(10-21)18(17)14-7-5-12(2)6-8-14/h4-8,15,18H,1,9,11H2,2-3H3,(H2,22,24)/t15?,18-/m1/s1. The first-order valence-electron chi connectivity index (χ1n) is 8.33. The van der Waals surface area contributed by atoms with Crippen LogP contribution in [0, 0.1) is 24.2 Å². The fourth-order valence-electron chi connectivity index (χ4n) is 2.85. The van der Waals surface area contributed by atoms with E-state index >= 15 is 0 Å². The Balaban J connectivity index is 2.54. The van der Waals surface area contributed by atoms with Crippen LogP contribution in [0.5, 0.6) is 0 Å². The molecule has 1 aromatic carbocycles. The van der Waals surface area contributed by atoms with Gasteiger partial charge in [0.05, 0.1) is 22.4 Å². The van der Waals surface area contributed by atoms with Crippen molar-refractivity contribution >= 4 is 28.7 Å². The molecule has 2 N–H and O–H groups in total. The molecule has 0 saturated heterocycles. The first kappa shape index (κ1) is 20.5. The second kappa shape index (κ2) is 9.19. The largest absolute Gasteiger partial charge is 0.458 e. The molecule has 7 heteroatoms. The maximum Gasteiger partial charge on any atom is 0.336 e. The van der Waals surface area contributed by atoms with Gasteiger partial charge in [-0.3, -0.25) is 4.79 Å². The molecule has 1 heterocycles. The Morgan fingerprint density at radius 2 is 2.04 bits per heavy atom. The highest BCUT2D eigenvalue weighted by molar-refractivity contribution is 8.14. The molecule has 27 heavy (non-hydrogen) atoms. The van der Waals surface area contributed by atoms with Crippen LogP contribution < -0.4 is 5.73 Å². The number of carbonyl (C=O) groups is 2. The van der Waals surface area contributed by atoms with Crippen molar-refractivity contribution in [3.05, 3.63) is 59.3 Å². The highest BCUT2D eigenvalue weighted by Crippen LogP contribution is 2.41. The van der Waals surface area contributed by atoms with Crippen molar-refractivity contribution in [3.8, 4) is 6.07 Å². The van der Waals surface area contributed by atoms with E-state index in [1.807, 2.05) is 31.2 Å². The van der Waals surface area contributed by atoms with Crippen LogP contribution in [-0.4, -0.2) is 29.3 Å². The van der Waals surface area contributed by atoms with Crippen LogP contribution in [0.2, 0.25) is 0 Å². The van der Waals surface area contributed by atoms with E-state index in [1.54, 1.807) is 6.92 Å². The van der Waals surface area contributed by atoms with Crippen LogP contribution in [0.1, 0.15) is 24.0 Å². The highest BCUT2D eigenvalue weighted by atomic mass is 32.2. The number of nitrogens with zero attached hydrogens (tertiary/aromatic N) is 2. The topological polar surface area (TPSA) is 106 Å². The van der Waals surface area contributed by atoms with Crippen molar-refractivity contribution in [2.45, 2.75) is 19.8 Å². The van der Waals surface area contributed by atoms with E-state index in [0.717, 1.165) is 22.9 Å². The van der Waals surface area contributed by atoms with Crippen LogP contribution in [0.4, 0.5) is 0 Å². The smallest absolute Gasteiger partial charge is 0.336 e. The number of aliphatic imine (C=N–C) groups is 1. The van der Waals surface area contributed by atoms with Gasteiger partial charge in [0, 0.05) is 11.6 Å². The third-order valence-corrected chi connectivity index (χ3v) is 5.14. The molecule has 2 rings (SSSR count). The van der Waals surface area contributed by atoms with Gasteiger partial charge in [-0.2, -0.15) is 5.26 Å². The Kier molecular flexibility index (Phi) is 6.97. The highest BCUT2D eigenvalue weighted by Gasteiger charge is 2.39. The first-order chi connectivity index (χ1) is 12.9. The molecule has 1 amide bonds. The van der Waals surface area contributed by atoms with Crippen molar-refractivity contribution < 1.29 is 14.3 Å². The lowest BCUT2D eigenvalue weighted by Gasteiger charge is -2.29. The van der Waals surface area contributed by atoms with Gasteiger partial charge in [0.2, 0.25) is 5.91 Å². The molecule has 2 atom stereocenters. The van der Waals surface area contributed by atoms with Gasteiger partial charge in [-0.15, -0.1) is 0 Å². The summed E-state index contributed by atoms with van der Waals surface area (Å²) in [6.45, 7) is 7.28. The molecule has 0 spiro atoms. The van der Waals surface area contributed by atoms with Gasteiger partial charge in [0.1, 0.15) is 12.5 Å². The summed E-state index contributed by atoms with van der Waals surface area (Å²) >= 11 is 1.13. The number of rotatable bonds is 6. The van der Waals surface area contributed by atoms with Crippen LogP contribution in [0.25, 0.3) is 0 Å². The number of thioether (sulfide) groups is 1. The van der Waals surface area contributed by atoms with E-state index in [-0.39, 0.29) is 12.4 Å². The fourth-order valence-corrected chi connectivity index (χ4v) is 3.71. The molecule has 1 aliphatic heterocycles. The number of amides is 1. The van der Waals surface area contributed by atoms with Crippen LogP contribution >= 0.6 is 11.8 Å². The van der Waals surface area contributed by atoms with E-state index in [0.29, 0.717) is 16.3 Å². The SMILES string of the molecule is C=CCOC(=O)C1=C(C)N=C(SCC(N)=O)C(C#N)[C@H]1c1ccc(C)cc1. The van der Waals surface area contributed by atoms with Crippen LogP contribution in [0.3, 0.4) is 0 Å². The molecule has 1 aliphatic rings. The monoisotopic (exact) mass is 383 g/mol. The zero-order valence-electron chi connectivity index (χ0n) is 15.3. The zero-order chi connectivity index (χ0) is 20.0. The lowest BCUT2D eigenvalue weighted by atomic mass is 9.79. The number of primary amides is 1. The van der Waals surface area contributed by atoms with E-state index in [1.165, 1.54) is 6.08 Å². The molecular formula is C20H21N3O3S. The minimum Gasteiger partial charge on any atom is -0.458 e. The number of ether oxygens (including phenoxy) is 1. The van der Waals surface area contributed by atoms with Gasteiger partial charge in [0.15, 0.2) is 0 Å². The summed E-state index contributed by atoms with van der Waals surface area (Å²) in [6, 6.07) is 9.86. The van der Waals surface area contributed by atoms with Gasteiger partial charge < -0.3 is 10.5 Å². The third-order valence-electron chi connectivity index (χ3n) is 4.07. The maximum atomic E-state index is 12.7. The first-order valence-corrected chi connectivity index (χ1v) is 9.32. The summed E-state index contributed by atoms with van der Waals surface area (Å²) in [4.78, 5) is 28.2. The zero-order valence-corrected chi connectivity index (χ0v) is 16.1. The van der Waals surface area contributed by atoms with Gasteiger partial charge in [-0.05, 0) is 19.4 Å². The Morgan fingerprint density at radius 1 is 1.37 bits per heavy atom. The molecular weight excluding hydrogens is 362 g/mol. The minimum atomic E-state index is -0.716. The number of aryl methyl sites for hydroxylation is 1. The summed E-state index contributed by atoms with van der Waals surface area (Å²) < 4.78 is 5.23. The van der Waals surface area contributed by atoms with Crippen LogP contribution in [0.15, 0.2) is 53.2 Å². The number of nitriles is 1. The lowest BCUT2D eigenvalue weighted by molar-refractivity contribution is -0.138. The Hall–Kier alpha value is -2.85. The quantitative estimate of drug-likeness (QED) is 0.601. The molecule has 140 valence electrons. The van der Waals surface area contributed by atoms with Gasteiger partial charge in [-0.25, -0.2) is 9.79 Å². The number of hydrogen-bond donors (Lipinski definition) is 1. The fraction of sp³-hybridized carbons (Fsp3) is 0.300. The van der Waals surface area contributed by atoms with E-state index < -0.39 is 23.7 Å². The van der Waals surface area contributed by atoms with Crippen molar-refractivity contribution in [3.63, 3.8) is 0 Å². The number of benzene rings is 1. The molecule has 0 saturated carbocycles. The van der Waals surface area contributed by atoms with Gasteiger partial charge in [-0.1, -0.05) is 54.2 Å². The number of carbonyl (C=O) groups excluding carboxylic acids is 2. The second-order valence-electron chi connectivity index (χ2n) is 6.09. The Morgan fingerprint density at radius 3 is 2.59 bits per heavy atom. The van der Waals surface area contributed by atoms with E-state index in [4.69, 9.17) is 10.5 Å². The average molecular weight is 383 g/mol. The van der Waals surface area contributed by atoms with Crippen molar-refractivity contribution in [1.82, 2.24) is 0 Å². The molecule has 0 aliphatic carbocycles. The predicted octanol–water partition coefficient (Wildman–Crippen LogP) is 2.85. The average Bonchev–Trinajstić information content (AvgIpc) is 2.64. The Bertz CT molecular complexity index is 850. The molecule has 0 aromatic heterocycles. The number of nitrogens with two attached hydrogens (primary N) is 1. The molecule has 0 radical (unpaired) electrons. The number of esters is 1. The summed E-state index contributed by atoms with van der Waals surface area (Å²) in [6.07, 6.45) is 1.48. The summed E-state index contributed by atoms with van der Waals surface area (Å²) in [5.41, 5.74) is 7.92. The van der Waals surface area contributed by atoms with Gasteiger partial charge >= 0.3 is 5.97 Å². The van der Waals surface area contributed by atoms with Crippen molar-refractivity contribution in [2.75, 3.05) is 12.4 Å². The van der Waals surface area contributed by atoms with Gasteiger partial charge in [0.25, 0.3) is 0 Å². The maximum absolute atomic E-state index is 12.7. The summed E-state index contributed by atoms with van der Waals surface area (Å²) in [7, 11) is 0. The minimum absolute atomic E-state index is 0.0150. The van der Waals surface area contributed by atoms with Crippen molar-refractivity contribution in [2.24, 2.45) is 16.6 Å². The molecule has 1 unspecified atom stereocenters. The van der Waals surface area contributed by atoms with Crippen molar-refractivity contribution in [1.29, 1.82) is 5.26 Å². The van der Waals surface area contributed by atoms with Crippen LogP contribution in [-0.2, 0) is 14.3 Å². The number of hydrogen-bond acceptors (Lipinski definition) is 6. The lowest BCUT2D eigenvalue weighted by Crippen LogP contribution is -2.30. The van der Waals surface area contributed by atoms with E-state index in [2.05, 4.69) is 17.6 Å². The normalized spacial score (nSPS) is 19.1. The Labute approximate surface area is 162 Å². The van der Waals surface area contributed by atoms with E-state index in [9.17, 15) is 14.9 Å². The molecule has 0 fully saturated rings. The number of allylic oxidation sites excluding steroid dienone is 1. The summed E-state index contributed by atoms with van der Waals surface area (Å²) in [5, 5.41) is 10.3.